The summed E-state index contributed by atoms with van der Waals surface area (Å²) in [6.07, 6.45) is 0. The Balaban J connectivity index is 2.06. The molecule has 1 atom stereocenters. The van der Waals surface area contributed by atoms with Crippen LogP contribution >= 0.6 is 0 Å². The van der Waals surface area contributed by atoms with Crippen LogP contribution in [-0.4, -0.2) is 26.5 Å². The van der Waals surface area contributed by atoms with Crippen molar-refractivity contribution in [1.82, 2.24) is 25.9 Å². The molecule has 0 aliphatic rings. The number of carbonyl (C=O) groups is 1. The lowest BCUT2D eigenvalue weighted by atomic mass is 9.86. The molecule has 0 saturated heterocycles. The first-order valence-corrected chi connectivity index (χ1v) is 6.52. The summed E-state index contributed by atoms with van der Waals surface area (Å²) in [5, 5.41) is 15.8. The van der Waals surface area contributed by atoms with Crippen molar-refractivity contribution < 1.29 is 4.79 Å². The Kier molecular flexibility index (Phi) is 3.83. The molecule has 0 aliphatic heterocycles. The molecule has 1 aromatic carbocycles. The number of tetrazole rings is 1. The van der Waals surface area contributed by atoms with E-state index in [1.165, 1.54) is 5.56 Å². The van der Waals surface area contributed by atoms with Gasteiger partial charge < -0.3 is 5.32 Å². The van der Waals surface area contributed by atoms with Crippen molar-refractivity contribution in [3.63, 3.8) is 0 Å². The molecule has 0 bridgehead atoms. The lowest BCUT2D eigenvalue weighted by Crippen LogP contribution is -2.27. The fourth-order valence-electron chi connectivity index (χ4n) is 1.87. The topological polar surface area (TPSA) is 83.6 Å². The molecule has 6 nitrogen and oxygen atoms in total. The first-order chi connectivity index (χ1) is 9.38. The van der Waals surface area contributed by atoms with Gasteiger partial charge in [-0.1, -0.05) is 45.0 Å². The average Bonchev–Trinajstić information content (AvgIpc) is 2.91. The number of aromatic nitrogens is 4. The summed E-state index contributed by atoms with van der Waals surface area (Å²) in [6, 6.07) is 8.12. The number of rotatable bonds is 3. The number of aromatic amines is 1. The van der Waals surface area contributed by atoms with Crippen LogP contribution in [0.1, 0.15) is 55.5 Å². The molecule has 0 radical (unpaired) electrons. The van der Waals surface area contributed by atoms with Gasteiger partial charge in [0.2, 0.25) is 0 Å². The van der Waals surface area contributed by atoms with Gasteiger partial charge in [0.05, 0.1) is 6.04 Å². The Hall–Kier alpha value is -2.24. The van der Waals surface area contributed by atoms with Gasteiger partial charge in [-0.2, -0.15) is 5.21 Å². The lowest BCUT2D eigenvalue weighted by molar-refractivity contribution is 0.0929. The number of H-pyrrole nitrogens is 1. The Morgan fingerprint density at radius 2 is 1.90 bits per heavy atom. The van der Waals surface area contributed by atoms with E-state index in [4.69, 9.17) is 0 Å². The number of amides is 1. The highest BCUT2D eigenvalue weighted by Gasteiger charge is 2.17. The molecule has 1 aromatic heterocycles. The number of carbonyl (C=O) groups excluding carboxylic acids is 1. The van der Waals surface area contributed by atoms with Crippen molar-refractivity contribution in [2.75, 3.05) is 0 Å². The first kappa shape index (κ1) is 14.2. The van der Waals surface area contributed by atoms with Crippen LogP contribution in [-0.2, 0) is 5.41 Å². The SMILES string of the molecule is CC(NC(=O)c1nn[nH]n1)c1ccc(C(C)(C)C)cc1. The first-order valence-electron chi connectivity index (χ1n) is 6.52. The van der Waals surface area contributed by atoms with E-state index in [0.29, 0.717) is 0 Å². The molecule has 0 saturated carbocycles. The van der Waals surface area contributed by atoms with Gasteiger partial charge in [0, 0.05) is 0 Å². The molecule has 20 heavy (non-hydrogen) atoms. The van der Waals surface area contributed by atoms with Crippen LogP contribution < -0.4 is 5.32 Å². The van der Waals surface area contributed by atoms with E-state index in [-0.39, 0.29) is 23.2 Å². The number of benzene rings is 1. The maximum Gasteiger partial charge on any atom is 0.293 e. The van der Waals surface area contributed by atoms with E-state index in [0.717, 1.165) is 5.56 Å². The highest BCUT2D eigenvalue weighted by atomic mass is 16.2. The Labute approximate surface area is 118 Å². The second-order valence-corrected chi connectivity index (χ2v) is 5.80. The molecule has 2 rings (SSSR count). The maximum absolute atomic E-state index is 11.8. The summed E-state index contributed by atoms with van der Waals surface area (Å²) in [4.78, 5) is 11.8. The Morgan fingerprint density at radius 3 is 2.40 bits per heavy atom. The van der Waals surface area contributed by atoms with Crippen molar-refractivity contribution >= 4 is 5.91 Å². The second-order valence-electron chi connectivity index (χ2n) is 5.80. The van der Waals surface area contributed by atoms with E-state index in [9.17, 15) is 4.79 Å². The average molecular weight is 273 g/mol. The van der Waals surface area contributed by atoms with Gasteiger partial charge in [-0.15, -0.1) is 10.2 Å². The molecule has 2 aromatic rings. The third-order valence-corrected chi connectivity index (χ3v) is 3.17. The molecule has 6 heteroatoms. The van der Waals surface area contributed by atoms with Gasteiger partial charge in [0.15, 0.2) is 0 Å². The fraction of sp³-hybridized carbons (Fsp3) is 0.429. The summed E-state index contributed by atoms with van der Waals surface area (Å²) >= 11 is 0. The minimum absolute atomic E-state index is 0.0446. The van der Waals surface area contributed by atoms with Gasteiger partial charge in [-0.05, 0) is 28.7 Å². The molecule has 1 amide bonds. The van der Waals surface area contributed by atoms with Crippen molar-refractivity contribution in [2.45, 2.75) is 39.2 Å². The predicted molar refractivity (Wildman–Crippen MR) is 75.2 cm³/mol. The Morgan fingerprint density at radius 1 is 1.25 bits per heavy atom. The van der Waals surface area contributed by atoms with Crippen LogP contribution in [0.5, 0.6) is 0 Å². The second kappa shape index (κ2) is 5.40. The molecule has 106 valence electrons. The summed E-state index contributed by atoms with van der Waals surface area (Å²) in [5.74, 6) is -0.297. The van der Waals surface area contributed by atoms with Gasteiger partial charge in [-0.3, -0.25) is 4.79 Å². The van der Waals surface area contributed by atoms with E-state index in [1.54, 1.807) is 0 Å². The van der Waals surface area contributed by atoms with Crippen molar-refractivity contribution in [3.8, 4) is 0 Å². The van der Waals surface area contributed by atoms with Gasteiger partial charge in [0.1, 0.15) is 0 Å². The molecular formula is C14H19N5O. The zero-order valence-electron chi connectivity index (χ0n) is 12.1. The molecular weight excluding hydrogens is 254 g/mol. The molecule has 1 heterocycles. The minimum atomic E-state index is -0.342. The fourth-order valence-corrected chi connectivity index (χ4v) is 1.87. The standard InChI is InChI=1S/C14H19N5O/c1-9(15-13(20)12-16-18-19-17-12)10-5-7-11(8-6-10)14(2,3)4/h5-9H,1-4H3,(H,15,20)(H,16,17,18,19). The summed E-state index contributed by atoms with van der Waals surface area (Å²) in [5.41, 5.74) is 2.42. The lowest BCUT2D eigenvalue weighted by Gasteiger charge is -2.20. The van der Waals surface area contributed by atoms with E-state index >= 15 is 0 Å². The molecule has 0 fully saturated rings. The van der Waals surface area contributed by atoms with Crippen molar-refractivity contribution in [3.05, 3.63) is 41.2 Å². The summed E-state index contributed by atoms with van der Waals surface area (Å²) in [7, 11) is 0. The number of hydrogen-bond acceptors (Lipinski definition) is 4. The zero-order valence-corrected chi connectivity index (χ0v) is 12.1. The molecule has 0 aliphatic carbocycles. The van der Waals surface area contributed by atoms with Crippen LogP contribution in [0.25, 0.3) is 0 Å². The maximum atomic E-state index is 11.8. The molecule has 1 unspecified atom stereocenters. The summed E-state index contributed by atoms with van der Waals surface area (Å²) in [6.45, 7) is 8.43. The van der Waals surface area contributed by atoms with Gasteiger partial charge in [0.25, 0.3) is 11.7 Å². The number of nitrogens with zero attached hydrogens (tertiary/aromatic N) is 3. The minimum Gasteiger partial charge on any atom is -0.343 e. The third-order valence-electron chi connectivity index (χ3n) is 3.17. The van der Waals surface area contributed by atoms with Crippen LogP contribution in [0.4, 0.5) is 0 Å². The van der Waals surface area contributed by atoms with E-state index < -0.39 is 0 Å². The highest BCUT2D eigenvalue weighted by molar-refractivity contribution is 5.90. The molecule has 0 spiro atoms. The summed E-state index contributed by atoms with van der Waals surface area (Å²) < 4.78 is 0. The largest absolute Gasteiger partial charge is 0.343 e. The van der Waals surface area contributed by atoms with E-state index in [2.05, 4.69) is 58.8 Å². The smallest absolute Gasteiger partial charge is 0.293 e. The number of nitrogens with one attached hydrogen (secondary N) is 2. The quantitative estimate of drug-likeness (QED) is 0.895. The predicted octanol–water partition coefficient (Wildman–Crippen LogP) is 1.99. The highest BCUT2D eigenvalue weighted by Crippen LogP contribution is 2.23. The van der Waals surface area contributed by atoms with Crippen LogP contribution in [0, 0.1) is 0 Å². The zero-order chi connectivity index (χ0) is 14.8. The van der Waals surface area contributed by atoms with Crippen LogP contribution in [0.15, 0.2) is 24.3 Å². The van der Waals surface area contributed by atoms with Crippen molar-refractivity contribution in [1.29, 1.82) is 0 Å². The van der Waals surface area contributed by atoms with Crippen LogP contribution in [0.2, 0.25) is 0 Å². The normalized spacial score (nSPS) is 13.0. The van der Waals surface area contributed by atoms with Gasteiger partial charge in [-0.25, -0.2) is 0 Å². The molecule has 2 N–H and O–H groups in total. The third kappa shape index (κ3) is 3.20. The Bertz CT molecular complexity index is 569. The van der Waals surface area contributed by atoms with Crippen molar-refractivity contribution in [2.24, 2.45) is 0 Å². The van der Waals surface area contributed by atoms with Crippen LogP contribution in [0.3, 0.4) is 0 Å². The van der Waals surface area contributed by atoms with E-state index in [1.807, 2.05) is 19.1 Å². The van der Waals surface area contributed by atoms with Gasteiger partial charge >= 0.3 is 0 Å². The number of hydrogen-bond donors (Lipinski definition) is 2. The monoisotopic (exact) mass is 273 g/mol.